The molecular weight excluding hydrogens is 297 g/mol. The van der Waals surface area contributed by atoms with E-state index in [2.05, 4.69) is 10.2 Å². The number of aliphatic hydroxyl groups excluding tert-OH is 1. The number of carbonyl (C=O) groups is 1. The van der Waals surface area contributed by atoms with Crippen LogP contribution in [0.15, 0.2) is 24.3 Å². The van der Waals surface area contributed by atoms with E-state index in [1.807, 2.05) is 4.90 Å². The summed E-state index contributed by atoms with van der Waals surface area (Å²) in [5.41, 5.74) is 0.949. The fourth-order valence-corrected chi connectivity index (χ4v) is 3.36. The molecular formula is C17H24FN3O2. The summed E-state index contributed by atoms with van der Waals surface area (Å²) < 4.78 is 13.1. The minimum Gasteiger partial charge on any atom is -0.396 e. The second kappa shape index (κ2) is 7.27. The minimum absolute atomic E-state index is 0.133. The normalized spacial score (nSPS) is 23.1. The number of piperidine rings is 1. The third-order valence-corrected chi connectivity index (χ3v) is 4.85. The van der Waals surface area contributed by atoms with E-state index in [0.29, 0.717) is 12.5 Å². The van der Waals surface area contributed by atoms with Gasteiger partial charge in [0.05, 0.1) is 0 Å². The summed E-state index contributed by atoms with van der Waals surface area (Å²) in [5.74, 6) is 0.213. The molecule has 6 heteroatoms. The monoisotopic (exact) mass is 321 g/mol. The summed E-state index contributed by atoms with van der Waals surface area (Å²) in [6.07, 6.45) is 1.74. The first kappa shape index (κ1) is 16.2. The lowest BCUT2D eigenvalue weighted by Crippen LogP contribution is -2.58. The molecule has 2 saturated heterocycles. The first-order chi connectivity index (χ1) is 11.2. The number of nitrogens with zero attached hydrogens (tertiary/aromatic N) is 2. The molecule has 1 amide bonds. The summed E-state index contributed by atoms with van der Waals surface area (Å²) in [6.45, 7) is 3.80. The molecule has 23 heavy (non-hydrogen) atoms. The van der Waals surface area contributed by atoms with Crippen molar-refractivity contribution in [3.63, 3.8) is 0 Å². The Kier molecular flexibility index (Phi) is 5.13. The van der Waals surface area contributed by atoms with E-state index in [-0.39, 0.29) is 24.4 Å². The van der Waals surface area contributed by atoms with Gasteiger partial charge in [-0.15, -0.1) is 0 Å². The molecule has 0 aliphatic carbocycles. The van der Waals surface area contributed by atoms with Crippen molar-refractivity contribution in [1.29, 1.82) is 0 Å². The molecule has 2 aliphatic heterocycles. The topological polar surface area (TPSA) is 55.8 Å². The largest absolute Gasteiger partial charge is 0.396 e. The van der Waals surface area contributed by atoms with Gasteiger partial charge in [-0.2, -0.15) is 0 Å². The van der Waals surface area contributed by atoms with Crippen molar-refractivity contribution in [2.75, 3.05) is 44.2 Å². The molecule has 0 unspecified atom stereocenters. The predicted molar refractivity (Wildman–Crippen MR) is 86.8 cm³/mol. The highest BCUT2D eigenvalue weighted by molar-refractivity contribution is 5.83. The number of halogens is 1. The molecule has 1 aromatic carbocycles. The van der Waals surface area contributed by atoms with Crippen LogP contribution in [0.3, 0.4) is 0 Å². The van der Waals surface area contributed by atoms with Crippen LogP contribution in [0, 0.1) is 11.7 Å². The molecule has 126 valence electrons. The van der Waals surface area contributed by atoms with Crippen LogP contribution in [0.1, 0.15) is 12.8 Å². The van der Waals surface area contributed by atoms with Crippen molar-refractivity contribution < 1.29 is 14.3 Å². The van der Waals surface area contributed by atoms with Crippen LogP contribution in [0.25, 0.3) is 0 Å². The third kappa shape index (κ3) is 3.82. The van der Waals surface area contributed by atoms with Gasteiger partial charge in [0, 0.05) is 45.0 Å². The van der Waals surface area contributed by atoms with Crippen molar-refractivity contribution in [1.82, 2.24) is 10.2 Å². The molecule has 0 spiro atoms. The molecule has 2 N–H and O–H groups in total. The summed E-state index contributed by atoms with van der Waals surface area (Å²) >= 11 is 0. The van der Waals surface area contributed by atoms with Gasteiger partial charge in [0.1, 0.15) is 11.9 Å². The summed E-state index contributed by atoms with van der Waals surface area (Å²) in [4.78, 5) is 16.7. The predicted octanol–water partition coefficient (Wildman–Crippen LogP) is 0.835. The van der Waals surface area contributed by atoms with Gasteiger partial charge in [-0.3, -0.25) is 4.79 Å². The highest BCUT2D eigenvalue weighted by Crippen LogP contribution is 2.20. The lowest BCUT2D eigenvalue weighted by molar-refractivity contribution is -0.135. The van der Waals surface area contributed by atoms with Gasteiger partial charge in [0.2, 0.25) is 5.91 Å². The number of rotatable bonds is 3. The van der Waals surface area contributed by atoms with Crippen molar-refractivity contribution in [3.05, 3.63) is 30.1 Å². The van der Waals surface area contributed by atoms with Crippen molar-refractivity contribution in [2.45, 2.75) is 18.9 Å². The average Bonchev–Trinajstić information content (AvgIpc) is 2.62. The summed E-state index contributed by atoms with van der Waals surface area (Å²) in [7, 11) is 0. The highest BCUT2D eigenvalue weighted by atomic mass is 19.1. The van der Waals surface area contributed by atoms with Gasteiger partial charge in [0.25, 0.3) is 0 Å². The Bertz CT molecular complexity index is 529. The molecule has 5 nitrogen and oxygen atoms in total. The standard InChI is InChI=1S/C17H24FN3O2/c18-14-1-3-15(4-2-14)21-10-7-19-16(11-21)17(23)20-8-5-13(12-22)6-9-20/h1-4,13,16,19,22H,5-12H2/t16-/m1/s1. The second-order valence-corrected chi connectivity index (χ2v) is 6.38. The number of aliphatic hydroxyl groups is 1. The van der Waals surface area contributed by atoms with Gasteiger partial charge >= 0.3 is 0 Å². The fraction of sp³-hybridized carbons (Fsp3) is 0.588. The van der Waals surface area contributed by atoms with Gasteiger partial charge in [-0.05, 0) is 43.0 Å². The second-order valence-electron chi connectivity index (χ2n) is 6.38. The van der Waals surface area contributed by atoms with Crippen LogP contribution in [0.5, 0.6) is 0 Å². The van der Waals surface area contributed by atoms with E-state index >= 15 is 0 Å². The Morgan fingerprint density at radius 1 is 1.22 bits per heavy atom. The first-order valence-electron chi connectivity index (χ1n) is 8.31. The molecule has 1 aromatic rings. The Morgan fingerprint density at radius 3 is 2.57 bits per heavy atom. The van der Waals surface area contributed by atoms with Gasteiger partial charge in [0.15, 0.2) is 0 Å². The smallest absolute Gasteiger partial charge is 0.241 e. The molecule has 0 saturated carbocycles. The van der Waals surface area contributed by atoms with Crippen LogP contribution < -0.4 is 10.2 Å². The van der Waals surface area contributed by atoms with E-state index in [4.69, 9.17) is 0 Å². The number of piperazine rings is 1. The minimum atomic E-state index is -0.247. The van der Waals surface area contributed by atoms with E-state index in [1.54, 1.807) is 12.1 Å². The molecule has 3 rings (SSSR count). The maximum absolute atomic E-state index is 13.1. The lowest BCUT2D eigenvalue weighted by Gasteiger charge is -2.38. The zero-order chi connectivity index (χ0) is 16.2. The highest BCUT2D eigenvalue weighted by Gasteiger charge is 2.31. The van der Waals surface area contributed by atoms with Crippen LogP contribution in [-0.4, -0.2) is 61.3 Å². The number of benzene rings is 1. The number of anilines is 1. The number of likely N-dealkylation sites (tertiary alicyclic amines) is 1. The number of hydrogen-bond donors (Lipinski definition) is 2. The van der Waals surface area contributed by atoms with Crippen LogP contribution in [0.2, 0.25) is 0 Å². The molecule has 2 aliphatic rings. The summed E-state index contributed by atoms with van der Waals surface area (Å²) in [6, 6.07) is 6.20. The van der Waals surface area contributed by atoms with E-state index < -0.39 is 0 Å². The number of carbonyl (C=O) groups excluding carboxylic acids is 1. The first-order valence-corrected chi connectivity index (χ1v) is 8.31. The lowest BCUT2D eigenvalue weighted by atomic mass is 9.97. The Hall–Kier alpha value is -1.66. The quantitative estimate of drug-likeness (QED) is 0.866. The maximum atomic E-state index is 13.1. The van der Waals surface area contributed by atoms with Gasteiger partial charge in [-0.25, -0.2) is 4.39 Å². The molecule has 0 radical (unpaired) electrons. The van der Waals surface area contributed by atoms with Gasteiger partial charge in [-0.1, -0.05) is 0 Å². The van der Waals surface area contributed by atoms with Crippen molar-refractivity contribution in [3.8, 4) is 0 Å². The summed E-state index contributed by atoms with van der Waals surface area (Å²) in [5, 5.41) is 12.5. The van der Waals surface area contributed by atoms with Crippen LogP contribution in [0.4, 0.5) is 10.1 Å². The Morgan fingerprint density at radius 2 is 1.91 bits per heavy atom. The van der Waals surface area contributed by atoms with E-state index in [9.17, 15) is 14.3 Å². The SMILES string of the molecule is O=C([C@H]1CN(c2ccc(F)cc2)CCN1)N1CCC(CO)CC1. The fourth-order valence-electron chi connectivity index (χ4n) is 3.36. The number of nitrogens with one attached hydrogen (secondary N) is 1. The zero-order valence-corrected chi connectivity index (χ0v) is 13.2. The van der Waals surface area contributed by atoms with Crippen LogP contribution in [-0.2, 0) is 4.79 Å². The van der Waals surface area contributed by atoms with Crippen LogP contribution >= 0.6 is 0 Å². The average molecular weight is 321 g/mol. The molecule has 1 atom stereocenters. The Labute approximate surface area is 136 Å². The number of hydrogen-bond acceptors (Lipinski definition) is 4. The van der Waals surface area contributed by atoms with E-state index in [1.165, 1.54) is 12.1 Å². The van der Waals surface area contributed by atoms with Gasteiger partial charge < -0.3 is 20.2 Å². The zero-order valence-electron chi connectivity index (χ0n) is 13.2. The Balaban J connectivity index is 1.59. The maximum Gasteiger partial charge on any atom is 0.241 e. The van der Waals surface area contributed by atoms with E-state index in [0.717, 1.165) is 44.7 Å². The third-order valence-electron chi connectivity index (χ3n) is 4.85. The van der Waals surface area contributed by atoms with Crippen molar-refractivity contribution >= 4 is 11.6 Å². The molecule has 2 heterocycles. The number of amides is 1. The molecule has 2 fully saturated rings. The molecule has 0 aromatic heterocycles. The van der Waals surface area contributed by atoms with Crippen molar-refractivity contribution in [2.24, 2.45) is 5.92 Å². The molecule has 0 bridgehead atoms.